The molecule has 0 fully saturated rings. The molecule has 0 aliphatic rings. The molecule has 0 aromatic heterocycles. The zero-order valence-corrected chi connectivity index (χ0v) is 9.94. The Hall–Kier alpha value is -0.680. The van der Waals surface area contributed by atoms with Gasteiger partial charge < -0.3 is 10.00 Å². The van der Waals surface area contributed by atoms with Crippen molar-refractivity contribution in [2.75, 3.05) is 13.2 Å². The molecule has 7 heteroatoms. The van der Waals surface area contributed by atoms with Crippen LogP contribution in [0.1, 0.15) is 20.8 Å². The SMILES string of the molecule is CC=CC(=O)O.CCOP(=O)(O)OCC. The van der Waals surface area contributed by atoms with Gasteiger partial charge in [-0.2, -0.15) is 0 Å². The van der Waals surface area contributed by atoms with Crippen LogP contribution >= 0.6 is 7.82 Å². The Balaban J connectivity index is 0. The summed E-state index contributed by atoms with van der Waals surface area (Å²) in [5.74, 6) is -0.891. The minimum atomic E-state index is -3.69. The predicted octanol–water partition coefficient (Wildman–Crippen LogP) is 1.81. The van der Waals surface area contributed by atoms with Gasteiger partial charge in [0.2, 0.25) is 0 Å². The van der Waals surface area contributed by atoms with Crippen molar-refractivity contribution in [1.82, 2.24) is 0 Å². The van der Waals surface area contributed by atoms with Crippen LogP contribution in [-0.2, 0) is 18.4 Å². The van der Waals surface area contributed by atoms with Gasteiger partial charge in [0.15, 0.2) is 0 Å². The Bertz CT molecular complexity index is 227. The Morgan fingerprint density at radius 2 is 1.73 bits per heavy atom. The van der Waals surface area contributed by atoms with Gasteiger partial charge in [-0.25, -0.2) is 9.36 Å². The number of aliphatic carboxylic acids is 1. The Kier molecular flexibility index (Phi) is 11.0. The molecule has 0 saturated heterocycles. The second-order valence-electron chi connectivity index (χ2n) is 2.14. The predicted molar refractivity (Wildman–Crippen MR) is 55.5 cm³/mol. The van der Waals surface area contributed by atoms with Crippen molar-refractivity contribution in [3.05, 3.63) is 12.2 Å². The van der Waals surface area contributed by atoms with Crippen LogP contribution in [0.5, 0.6) is 0 Å². The molecule has 0 atom stereocenters. The van der Waals surface area contributed by atoms with E-state index in [1.54, 1.807) is 20.8 Å². The van der Waals surface area contributed by atoms with Gasteiger partial charge in [-0.15, -0.1) is 0 Å². The molecule has 0 radical (unpaired) electrons. The van der Waals surface area contributed by atoms with Gasteiger partial charge in [0, 0.05) is 6.08 Å². The smallest absolute Gasteiger partial charge is 0.472 e. The molecule has 0 bridgehead atoms. The van der Waals surface area contributed by atoms with Gasteiger partial charge in [0.25, 0.3) is 0 Å². The van der Waals surface area contributed by atoms with E-state index in [4.69, 9.17) is 10.00 Å². The van der Waals surface area contributed by atoms with Gasteiger partial charge in [0.1, 0.15) is 0 Å². The maximum atomic E-state index is 10.5. The third-order valence-electron chi connectivity index (χ3n) is 0.894. The summed E-state index contributed by atoms with van der Waals surface area (Å²) in [6.07, 6.45) is 2.56. The summed E-state index contributed by atoms with van der Waals surface area (Å²) in [6.45, 7) is 5.29. The maximum absolute atomic E-state index is 10.5. The minimum Gasteiger partial charge on any atom is -0.478 e. The number of hydrogen-bond donors (Lipinski definition) is 2. The zero-order chi connectivity index (χ0) is 12.3. The highest BCUT2D eigenvalue weighted by Gasteiger charge is 2.17. The number of rotatable bonds is 5. The van der Waals surface area contributed by atoms with E-state index < -0.39 is 13.8 Å². The van der Waals surface area contributed by atoms with E-state index in [1.165, 1.54) is 6.08 Å². The molecule has 0 aromatic carbocycles. The van der Waals surface area contributed by atoms with Crippen LogP contribution in [0.15, 0.2) is 12.2 Å². The number of carboxylic acids is 1. The lowest BCUT2D eigenvalue weighted by molar-refractivity contribution is -0.131. The van der Waals surface area contributed by atoms with Crippen LogP contribution in [0.4, 0.5) is 0 Å². The standard InChI is InChI=1S/C4H11O4P.C4H6O2/c1-3-7-9(5,6)8-4-2;1-2-3-4(5)6/h3-4H2,1-2H3,(H,5,6);2-3H,1H3,(H,5,6). The first-order chi connectivity index (χ1) is 6.89. The fourth-order valence-corrected chi connectivity index (χ4v) is 1.23. The summed E-state index contributed by atoms with van der Waals surface area (Å²) >= 11 is 0. The van der Waals surface area contributed by atoms with Crippen molar-refractivity contribution < 1.29 is 28.4 Å². The van der Waals surface area contributed by atoms with Crippen LogP contribution in [0.3, 0.4) is 0 Å². The fraction of sp³-hybridized carbons (Fsp3) is 0.625. The lowest BCUT2D eigenvalue weighted by atomic mass is 10.5. The third-order valence-corrected chi connectivity index (χ3v) is 2.06. The second-order valence-corrected chi connectivity index (χ2v) is 3.60. The average Bonchev–Trinajstić information content (AvgIpc) is 2.03. The zero-order valence-electron chi connectivity index (χ0n) is 9.04. The molecule has 0 aliphatic heterocycles. The van der Waals surface area contributed by atoms with Crippen LogP contribution in [0.2, 0.25) is 0 Å². The number of allylic oxidation sites excluding steroid dienone is 1. The van der Waals surface area contributed by atoms with Crippen molar-refractivity contribution in [3.8, 4) is 0 Å². The summed E-state index contributed by atoms with van der Waals surface area (Å²) in [7, 11) is -3.69. The van der Waals surface area contributed by atoms with E-state index in [-0.39, 0.29) is 13.2 Å². The molecule has 0 rings (SSSR count). The molecular weight excluding hydrogens is 223 g/mol. The minimum absolute atomic E-state index is 0.188. The Morgan fingerprint density at radius 1 is 1.33 bits per heavy atom. The first-order valence-electron chi connectivity index (χ1n) is 4.37. The number of carbonyl (C=O) groups is 1. The van der Waals surface area contributed by atoms with Crippen molar-refractivity contribution in [1.29, 1.82) is 0 Å². The lowest BCUT2D eigenvalue weighted by Crippen LogP contribution is -1.93. The molecule has 0 saturated carbocycles. The highest BCUT2D eigenvalue weighted by Crippen LogP contribution is 2.42. The quantitative estimate of drug-likeness (QED) is 0.562. The highest BCUT2D eigenvalue weighted by molar-refractivity contribution is 7.47. The van der Waals surface area contributed by atoms with Gasteiger partial charge in [0.05, 0.1) is 13.2 Å². The van der Waals surface area contributed by atoms with Crippen molar-refractivity contribution in [3.63, 3.8) is 0 Å². The van der Waals surface area contributed by atoms with Gasteiger partial charge in [-0.3, -0.25) is 9.05 Å². The molecule has 0 unspecified atom stereocenters. The molecule has 0 heterocycles. The van der Waals surface area contributed by atoms with Crippen LogP contribution in [0.25, 0.3) is 0 Å². The van der Waals surface area contributed by atoms with Gasteiger partial charge in [-0.05, 0) is 20.8 Å². The van der Waals surface area contributed by atoms with Crippen LogP contribution in [-0.4, -0.2) is 29.2 Å². The van der Waals surface area contributed by atoms with Gasteiger partial charge in [-0.1, -0.05) is 6.08 Å². The molecule has 15 heavy (non-hydrogen) atoms. The Labute approximate surface area is 89.1 Å². The fourth-order valence-electron chi connectivity index (χ4n) is 0.506. The lowest BCUT2D eigenvalue weighted by Gasteiger charge is -2.07. The summed E-state index contributed by atoms with van der Waals surface area (Å²) in [5.41, 5.74) is 0. The number of carboxylic acid groups (broad SMARTS) is 1. The van der Waals surface area contributed by atoms with Crippen molar-refractivity contribution in [2.24, 2.45) is 0 Å². The first-order valence-corrected chi connectivity index (χ1v) is 5.86. The summed E-state index contributed by atoms with van der Waals surface area (Å²) in [5, 5.41) is 7.83. The number of hydrogen-bond acceptors (Lipinski definition) is 4. The normalized spacial score (nSPS) is 10.9. The first kappa shape index (κ1) is 16.7. The molecule has 2 N–H and O–H groups in total. The molecule has 0 aromatic rings. The topological polar surface area (TPSA) is 93.1 Å². The molecule has 0 amide bonds. The molecule has 0 spiro atoms. The third kappa shape index (κ3) is 16.0. The van der Waals surface area contributed by atoms with E-state index in [9.17, 15) is 9.36 Å². The monoisotopic (exact) mass is 240 g/mol. The molecule has 90 valence electrons. The molecule has 6 nitrogen and oxygen atoms in total. The van der Waals surface area contributed by atoms with Crippen molar-refractivity contribution >= 4 is 13.8 Å². The van der Waals surface area contributed by atoms with Crippen LogP contribution < -0.4 is 0 Å². The van der Waals surface area contributed by atoms with Gasteiger partial charge >= 0.3 is 13.8 Å². The van der Waals surface area contributed by atoms with E-state index in [0.29, 0.717) is 0 Å². The molecular formula is C8H17O6P. The van der Waals surface area contributed by atoms with E-state index in [2.05, 4.69) is 9.05 Å². The number of phosphoric ester groups is 1. The van der Waals surface area contributed by atoms with E-state index in [0.717, 1.165) is 6.08 Å². The van der Waals surface area contributed by atoms with E-state index >= 15 is 0 Å². The summed E-state index contributed by atoms with van der Waals surface area (Å²) < 4.78 is 19.2. The largest absolute Gasteiger partial charge is 0.478 e. The summed E-state index contributed by atoms with van der Waals surface area (Å²) in [4.78, 5) is 18.1. The second kappa shape index (κ2) is 9.86. The van der Waals surface area contributed by atoms with Crippen LogP contribution in [0, 0.1) is 0 Å². The van der Waals surface area contributed by atoms with E-state index in [1.807, 2.05) is 0 Å². The highest BCUT2D eigenvalue weighted by atomic mass is 31.2. The van der Waals surface area contributed by atoms with Crippen molar-refractivity contribution in [2.45, 2.75) is 20.8 Å². The number of phosphoric acid groups is 1. The maximum Gasteiger partial charge on any atom is 0.472 e. The Morgan fingerprint density at radius 3 is 1.87 bits per heavy atom. The average molecular weight is 240 g/mol. The summed E-state index contributed by atoms with van der Waals surface area (Å²) in [6, 6.07) is 0. The molecule has 0 aliphatic carbocycles.